The van der Waals surface area contributed by atoms with E-state index in [2.05, 4.69) is 0 Å². The third-order valence-corrected chi connectivity index (χ3v) is 4.18. The van der Waals surface area contributed by atoms with Crippen LogP contribution in [0.2, 0.25) is 0 Å². The molecule has 1 atom stereocenters. The highest BCUT2D eigenvalue weighted by molar-refractivity contribution is 6.14. The zero-order valence-corrected chi connectivity index (χ0v) is 11.9. The van der Waals surface area contributed by atoms with Gasteiger partial charge in [-0.15, -0.1) is 0 Å². The molecule has 0 bridgehead atoms. The number of hydrogen-bond acceptors (Lipinski definition) is 2. The molecule has 0 aliphatic carbocycles. The summed E-state index contributed by atoms with van der Waals surface area (Å²) in [4.78, 5) is 26.1. The van der Waals surface area contributed by atoms with Gasteiger partial charge in [0.1, 0.15) is 0 Å². The Balaban J connectivity index is 2.18. The van der Waals surface area contributed by atoms with Gasteiger partial charge in [-0.3, -0.25) is 4.79 Å². The molecule has 3 rings (SSSR count). The zero-order chi connectivity index (χ0) is 15.0. The molecule has 1 heterocycles. The lowest BCUT2D eigenvalue weighted by atomic mass is 9.98. The Labute approximate surface area is 123 Å². The van der Waals surface area contributed by atoms with Crippen LogP contribution in [0.15, 0.2) is 36.4 Å². The van der Waals surface area contributed by atoms with Crippen LogP contribution in [0.4, 0.5) is 0 Å². The second-order valence-electron chi connectivity index (χ2n) is 5.50. The summed E-state index contributed by atoms with van der Waals surface area (Å²) in [7, 11) is 0. The minimum atomic E-state index is -1.00. The molecule has 108 valence electrons. The van der Waals surface area contributed by atoms with Crippen molar-refractivity contribution < 1.29 is 14.7 Å². The molecule has 2 aromatic rings. The first-order chi connectivity index (χ1) is 10.1. The fourth-order valence-corrected chi connectivity index (χ4v) is 3.09. The van der Waals surface area contributed by atoms with Gasteiger partial charge in [-0.1, -0.05) is 24.3 Å². The van der Waals surface area contributed by atoms with E-state index < -0.39 is 5.97 Å². The van der Waals surface area contributed by atoms with E-state index in [4.69, 9.17) is 0 Å². The van der Waals surface area contributed by atoms with Crippen LogP contribution in [-0.4, -0.2) is 34.5 Å². The largest absolute Gasteiger partial charge is 0.478 e. The third kappa shape index (κ3) is 2.27. The lowest BCUT2D eigenvalue weighted by molar-refractivity contribution is 0.0699. The number of carbonyl (C=O) groups excluding carboxylic acids is 1. The molecule has 1 fully saturated rings. The second kappa shape index (κ2) is 5.20. The predicted molar refractivity (Wildman–Crippen MR) is 80.6 cm³/mol. The summed E-state index contributed by atoms with van der Waals surface area (Å²) in [5.74, 6) is -1.07. The predicted octanol–water partition coefficient (Wildman–Crippen LogP) is 3.16. The van der Waals surface area contributed by atoms with Crippen LogP contribution in [-0.2, 0) is 0 Å². The summed E-state index contributed by atoms with van der Waals surface area (Å²) in [5, 5.41) is 10.7. The standard InChI is InChI=1S/C17H17NO3/c1-11-5-4-10-18(11)16(19)13-8-2-6-12-7-3-9-14(15(12)13)17(20)21/h2-3,6-9,11H,4-5,10H2,1H3,(H,20,21). The van der Waals surface area contributed by atoms with Crippen molar-refractivity contribution in [2.45, 2.75) is 25.8 Å². The number of carboxylic acid groups (broad SMARTS) is 1. The molecule has 0 saturated carbocycles. The summed E-state index contributed by atoms with van der Waals surface area (Å²) < 4.78 is 0. The van der Waals surface area contributed by atoms with E-state index in [9.17, 15) is 14.7 Å². The summed E-state index contributed by atoms with van der Waals surface area (Å²) in [6, 6.07) is 10.7. The fourth-order valence-electron chi connectivity index (χ4n) is 3.09. The number of fused-ring (bicyclic) bond motifs is 1. The first-order valence-electron chi connectivity index (χ1n) is 7.15. The fraction of sp³-hybridized carbons (Fsp3) is 0.294. The van der Waals surface area contributed by atoms with Crippen molar-refractivity contribution in [3.05, 3.63) is 47.5 Å². The highest BCUT2D eigenvalue weighted by Crippen LogP contribution is 2.27. The Hall–Kier alpha value is -2.36. The second-order valence-corrected chi connectivity index (χ2v) is 5.50. The Morgan fingerprint density at radius 1 is 1.14 bits per heavy atom. The third-order valence-electron chi connectivity index (χ3n) is 4.18. The summed E-state index contributed by atoms with van der Waals surface area (Å²) in [5.41, 5.74) is 0.669. The number of amides is 1. The number of benzene rings is 2. The van der Waals surface area contributed by atoms with Crippen molar-refractivity contribution in [3.63, 3.8) is 0 Å². The molecule has 1 N–H and O–H groups in total. The van der Waals surface area contributed by atoms with Gasteiger partial charge in [0.05, 0.1) is 5.56 Å². The Kier molecular flexibility index (Phi) is 3.37. The average Bonchev–Trinajstić information content (AvgIpc) is 2.91. The Morgan fingerprint density at radius 3 is 2.38 bits per heavy atom. The van der Waals surface area contributed by atoms with Gasteiger partial charge in [0.15, 0.2) is 0 Å². The van der Waals surface area contributed by atoms with Crippen molar-refractivity contribution in [3.8, 4) is 0 Å². The molecule has 4 heteroatoms. The minimum Gasteiger partial charge on any atom is -0.478 e. The number of likely N-dealkylation sites (tertiary alicyclic amines) is 1. The van der Waals surface area contributed by atoms with E-state index in [1.165, 1.54) is 0 Å². The quantitative estimate of drug-likeness (QED) is 0.921. The molecule has 0 spiro atoms. The van der Waals surface area contributed by atoms with Crippen molar-refractivity contribution in [1.29, 1.82) is 0 Å². The maximum absolute atomic E-state index is 12.8. The van der Waals surface area contributed by atoms with E-state index in [-0.39, 0.29) is 17.5 Å². The summed E-state index contributed by atoms with van der Waals surface area (Å²) in [6.07, 6.45) is 2.01. The normalized spacial score (nSPS) is 18.1. The van der Waals surface area contributed by atoms with Gasteiger partial charge >= 0.3 is 5.97 Å². The first-order valence-corrected chi connectivity index (χ1v) is 7.15. The number of aromatic carboxylic acids is 1. The van der Waals surface area contributed by atoms with Crippen LogP contribution in [0.3, 0.4) is 0 Å². The van der Waals surface area contributed by atoms with Crippen molar-refractivity contribution >= 4 is 22.6 Å². The highest BCUT2D eigenvalue weighted by atomic mass is 16.4. The lowest BCUT2D eigenvalue weighted by Crippen LogP contribution is -2.33. The lowest BCUT2D eigenvalue weighted by Gasteiger charge is -2.22. The topological polar surface area (TPSA) is 57.6 Å². The maximum Gasteiger partial charge on any atom is 0.336 e. The molecule has 1 aliphatic heterocycles. The molecule has 1 unspecified atom stereocenters. The van der Waals surface area contributed by atoms with Crippen LogP contribution in [0.1, 0.15) is 40.5 Å². The molecular formula is C17H17NO3. The number of hydrogen-bond donors (Lipinski definition) is 1. The Morgan fingerprint density at radius 2 is 1.81 bits per heavy atom. The van der Waals surface area contributed by atoms with Crippen LogP contribution < -0.4 is 0 Å². The molecular weight excluding hydrogens is 266 g/mol. The van der Waals surface area contributed by atoms with Crippen molar-refractivity contribution in [2.75, 3.05) is 6.54 Å². The molecule has 4 nitrogen and oxygen atoms in total. The van der Waals surface area contributed by atoms with E-state index in [1.54, 1.807) is 18.2 Å². The van der Waals surface area contributed by atoms with Gasteiger partial charge in [0.2, 0.25) is 0 Å². The summed E-state index contributed by atoms with van der Waals surface area (Å²) in [6.45, 7) is 2.78. The van der Waals surface area contributed by atoms with Crippen molar-refractivity contribution in [2.24, 2.45) is 0 Å². The molecule has 21 heavy (non-hydrogen) atoms. The first kappa shape index (κ1) is 13.6. The van der Waals surface area contributed by atoms with Crippen LogP contribution >= 0.6 is 0 Å². The van der Waals surface area contributed by atoms with E-state index in [1.807, 2.05) is 30.0 Å². The number of carboxylic acids is 1. The van der Waals surface area contributed by atoms with Gasteiger partial charge in [0, 0.05) is 23.5 Å². The van der Waals surface area contributed by atoms with Gasteiger partial charge in [0.25, 0.3) is 5.91 Å². The van der Waals surface area contributed by atoms with Gasteiger partial charge in [-0.05, 0) is 37.3 Å². The minimum absolute atomic E-state index is 0.0701. The van der Waals surface area contributed by atoms with E-state index in [0.29, 0.717) is 10.9 Å². The van der Waals surface area contributed by atoms with E-state index in [0.717, 1.165) is 24.8 Å². The van der Waals surface area contributed by atoms with Gasteiger partial charge in [-0.25, -0.2) is 4.79 Å². The van der Waals surface area contributed by atoms with Crippen LogP contribution in [0, 0.1) is 0 Å². The smallest absolute Gasteiger partial charge is 0.336 e. The van der Waals surface area contributed by atoms with Crippen LogP contribution in [0.5, 0.6) is 0 Å². The maximum atomic E-state index is 12.8. The Bertz CT molecular complexity index is 718. The van der Waals surface area contributed by atoms with Gasteiger partial charge in [-0.2, -0.15) is 0 Å². The number of rotatable bonds is 2. The van der Waals surface area contributed by atoms with E-state index >= 15 is 0 Å². The number of nitrogens with zero attached hydrogens (tertiary/aromatic N) is 1. The SMILES string of the molecule is CC1CCCN1C(=O)c1cccc2cccc(C(=O)O)c12. The molecule has 2 aromatic carbocycles. The molecule has 1 amide bonds. The highest BCUT2D eigenvalue weighted by Gasteiger charge is 2.27. The summed E-state index contributed by atoms with van der Waals surface area (Å²) >= 11 is 0. The average molecular weight is 283 g/mol. The van der Waals surface area contributed by atoms with Gasteiger partial charge < -0.3 is 10.0 Å². The molecule has 0 radical (unpaired) electrons. The molecule has 1 aliphatic rings. The molecule has 0 aromatic heterocycles. The molecule has 1 saturated heterocycles. The van der Waals surface area contributed by atoms with Crippen LogP contribution in [0.25, 0.3) is 10.8 Å². The monoisotopic (exact) mass is 283 g/mol. The van der Waals surface area contributed by atoms with Crippen molar-refractivity contribution in [1.82, 2.24) is 4.90 Å². The zero-order valence-electron chi connectivity index (χ0n) is 11.9. The number of carbonyl (C=O) groups is 2.